The Hall–Kier alpha value is -1.46. The number of benzene rings is 1. The van der Waals surface area contributed by atoms with E-state index in [-0.39, 0.29) is 4.99 Å². The molecule has 2 N–H and O–H groups in total. The van der Waals surface area contributed by atoms with Gasteiger partial charge in [-0.25, -0.2) is 4.98 Å². The van der Waals surface area contributed by atoms with Crippen LogP contribution in [0.3, 0.4) is 0 Å². The average Bonchev–Trinajstić information content (AvgIpc) is 2.41. The van der Waals surface area contributed by atoms with Crippen molar-refractivity contribution in [2.45, 2.75) is 30.2 Å². The van der Waals surface area contributed by atoms with Gasteiger partial charge >= 0.3 is 0 Å². The first-order valence-corrected chi connectivity index (χ1v) is 7.67. The van der Waals surface area contributed by atoms with Gasteiger partial charge in [-0.15, -0.1) is 0 Å². The highest BCUT2D eigenvalue weighted by Crippen LogP contribution is 2.29. The maximum atomic E-state index is 5.65. The summed E-state index contributed by atoms with van der Waals surface area (Å²) < 4.78 is 0. The highest BCUT2D eigenvalue weighted by Gasteiger charge is 2.12. The van der Waals surface area contributed by atoms with E-state index in [2.05, 4.69) is 35.9 Å². The molecule has 0 aliphatic rings. The van der Waals surface area contributed by atoms with Crippen molar-refractivity contribution < 1.29 is 0 Å². The van der Waals surface area contributed by atoms with Crippen LogP contribution in [0.25, 0.3) is 0 Å². The fourth-order valence-corrected chi connectivity index (χ4v) is 2.74. The number of hydrogen-bond acceptors (Lipinski definition) is 4. The van der Waals surface area contributed by atoms with Crippen LogP contribution in [0.15, 0.2) is 46.5 Å². The molecule has 1 aromatic carbocycles. The Labute approximate surface area is 129 Å². The van der Waals surface area contributed by atoms with Gasteiger partial charge in [0.2, 0.25) is 0 Å². The predicted molar refractivity (Wildman–Crippen MR) is 87.0 cm³/mol. The second-order valence-corrected chi connectivity index (χ2v) is 6.39. The molecule has 0 bridgehead atoms. The van der Waals surface area contributed by atoms with Crippen LogP contribution < -0.4 is 5.73 Å². The van der Waals surface area contributed by atoms with Gasteiger partial charge in [0.1, 0.15) is 15.7 Å². The van der Waals surface area contributed by atoms with Gasteiger partial charge in [0.15, 0.2) is 0 Å². The summed E-state index contributed by atoms with van der Waals surface area (Å²) in [6.45, 7) is 4.33. The lowest BCUT2D eigenvalue weighted by Gasteiger charge is -2.11. The molecule has 104 valence electrons. The van der Waals surface area contributed by atoms with Crippen LogP contribution in [0.1, 0.15) is 25.2 Å². The quantitative estimate of drug-likeness (QED) is 0.857. The molecule has 1 heterocycles. The van der Waals surface area contributed by atoms with Crippen molar-refractivity contribution >= 4 is 29.0 Å². The summed E-state index contributed by atoms with van der Waals surface area (Å²) in [6, 6.07) is 10.1. The fourth-order valence-electron chi connectivity index (χ4n) is 1.72. The molecule has 0 aliphatic heterocycles. The summed E-state index contributed by atoms with van der Waals surface area (Å²) in [4.78, 5) is 10.5. The molecule has 0 saturated heterocycles. The van der Waals surface area contributed by atoms with Crippen molar-refractivity contribution in [3.63, 3.8) is 0 Å². The van der Waals surface area contributed by atoms with Crippen LogP contribution in [0, 0.1) is 5.92 Å². The van der Waals surface area contributed by atoms with Crippen molar-refractivity contribution in [1.29, 1.82) is 0 Å². The van der Waals surface area contributed by atoms with Gasteiger partial charge in [-0.3, -0.25) is 4.98 Å². The normalized spacial score (nSPS) is 10.8. The molecule has 5 heteroatoms. The Morgan fingerprint density at radius 3 is 2.60 bits per heavy atom. The Kier molecular flexibility index (Phi) is 5.09. The third-order valence-corrected chi connectivity index (χ3v) is 3.86. The Balaban J connectivity index is 2.35. The van der Waals surface area contributed by atoms with E-state index >= 15 is 0 Å². The minimum Gasteiger partial charge on any atom is -0.388 e. The molecule has 0 unspecified atom stereocenters. The van der Waals surface area contributed by atoms with Crippen molar-refractivity contribution in [1.82, 2.24) is 9.97 Å². The van der Waals surface area contributed by atoms with E-state index in [4.69, 9.17) is 18.0 Å². The van der Waals surface area contributed by atoms with Gasteiger partial charge in [-0.1, -0.05) is 56.0 Å². The van der Waals surface area contributed by atoms with Gasteiger partial charge in [-0.05, 0) is 24.5 Å². The molecule has 1 aromatic heterocycles. The maximum Gasteiger partial charge on any atom is 0.124 e. The molecular formula is C15H17N3S2. The fraction of sp³-hybridized carbons (Fsp3) is 0.267. The number of thiocarbonyl (C=S) groups is 1. The van der Waals surface area contributed by atoms with Gasteiger partial charge in [0.25, 0.3) is 0 Å². The highest BCUT2D eigenvalue weighted by molar-refractivity contribution is 7.99. The first-order chi connectivity index (χ1) is 9.56. The maximum absolute atomic E-state index is 5.65. The predicted octanol–water partition coefficient (Wildman–Crippen LogP) is 3.46. The van der Waals surface area contributed by atoms with Crippen LogP contribution in [-0.4, -0.2) is 15.0 Å². The van der Waals surface area contributed by atoms with Gasteiger partial charge in [-0.2, -0.15) is 0 Å². The molecule has 0 fully saturated rings. The zero-order valence-electron chi connectivity index (χ0n) is 11.5. The van der Waals surface area contributed by atoms with E-state index in [1.54, 1.807) is 18.0 Å². The molecule has 20 heavy (non-hydrogen) atoms. The van der Waals surface area contributed by atoms with E-state index in [1.807, 2.05) is 18.2 Å². The van der Waals surface area contributed by atoms with Gasteiger partial charge in [0, 0.05) is 4.90 Å². The lowest BCUT2D eigenvalue weighted by Crippen LogP contribution is -2.14. The SMILES string of the molecule is CC(C)Cc1ncc(C(N)=S)nc1Sc1ccccc1. The first kappa shape index (κ1) is 14.9. The molecule has 0 spiro atoms. The molecule has 0 atom stereocenters. The topological polar surface area (TPSA) is 51.8 Å². The van der Waals surface area contributed by atoms with Crippen molar-refractivity contribution in [2.75, 3.05) is 0 Å². The first-order valence-electron chi connectivity index (χ1n) is 6.45. The summed E-state index contributed by atoms with van der Waals surface area (Å²) >= 11 is 6.58. The van der Waals surface area contributed by atoms with E-state index in [9.17, 15) is 0 Å². The number of nitrogens with zero attached hydrogens (tertiary/aromatic N) is 2. The van der Waals surface area contributed by atoms with E-state index in [1.165, 1.54) is 0 Å². The summed E-state index contributed by atoms with van der Waals surface area (Å²) in [7, 11) is 0. The van der Waals surface area contributed by atoms with Crippen LogP contribution >= 0.6 is 24.0 Å². The number of rotatable bonds is 5. The third-order valence-electron chi connectivity index (χ3n) is 2.62. The third kappa shape index (κ3) is 4.02. The zero-order chi connectivity index (χ0) is 14.5. The van der Waals surface area contributed by atoms with Crippen LogP contribution in [0.2, 0.25) is 0 Å². The molecule has 0 amide bonds. The minimum atomic E-state index is 0.281. The summed E-state index contributed by atoms with van der Waals surface area (Å²) in [5.41, 5.74) is 7.22. The van der Waals surface area contributed by atoms with E-state index in [0.717, 1.165) is 22.0 Å². The number of aromatic nitrogens is 2. The van der Waals surface area contributed by atoms with Crippen LogP contribution in [-0.2, 0) is 6.42 Å². The monoisotopic (exact) mass is 303 g/mol. The molecule has 2 aromatic rings. The molecular weight excluding hydrogens is 286 g/mol. The van der Waals surface area contributed by atoms with Crippen molar-refractivity contribution in [2.24, 2.45) is 11.7 Å². The highest BCUT2D eigenvalue weighted by atomic mass is 32.2. The van der Waals surface area contributed by atoms with Crippen molar-refractivity contribution in [3.8, 4) is 0 Å². The molecule has 0 radical (unpaired) electrons. The zero-order valence-corrected chi connectivity index (χ0v) is 13.2. The van der Waals surface area contributed by atoms with E-state index < -0.39 is 0 Å². The lowest BCUT2D eigenvalue weighted by atomic mass is 10.1. The number of nitrogens with two attached hydrogens (primary N) is 1. The lowest BCUT2D eigenvalue weighted by molar-refractivity contribution is 0.621. The second-order valence-electron chi connectivity index (χ2n) is 4.88. The van der Waals surface area contributed by atoms with Crippen LogP contribution in [0.4, 0.5) is 0 Å². The Bertz CT molecular complexity index is 597. The Morgan fingerprint density at radius 2 is 2.00 bits per heavy atom. The molecule has 0 saturated carbocycles. The smallest absolute Gasteiger partial charge is 0.124 e. The minimum absolute atomic E-state index is 0.281. The van der Waals surface area contributed by atoms with Crippen LogP contribution in [0.5, 0.6) is 0 Å². The molecule has 2 rings (SSSR count). The average molecular weight is 303 g/mol. The Morgan fingerprint density at radius 1 is 1.30 bits per heavy atom. The second kappa shape index (κ2) is 6.81. The van der Waals surface area contributed by atoms with Gasteiger partial charge in [0.05, 0.1) is 11.9 Å². The van der Waals surface area contributed by atoms with E-state index in [0.29, 0.717) is 11.6 Å². The van der Waals surface area contributed by atoms with Crippen molar-refractivity contribution in [3.05, 3.63) is 47.9 Å². The molecule has 0 aliphatic carbocycles. The summed E-state index contributed by atoms with van der Waals surface area (Å²) in [6.07, 6.45) is 2.55. The number of hydrogen-bond donors (Lipinski definition) is 1. The largest absolute Gasteiger partial charge is 0.388 e. The standard InChI is InChI=1S/C15H17N3S2/c1-10(2)8-12-15(18-13(9-17-12)14(16)19)20-11-6-4-3-5-7-11/h3-7,9-10H,8H2,1-2H3,(H2,16,19). The summed E-state index contributed by atoms with van der Waals surface area (Å²) in [5, 5.41) is 0.884. The molecule has 3 nitrogen and oxygen atoms in total. The van der Waals surface area contributed by atoms with Gasteiger partial charge < -0.3 is 5.73 Å². The summed E-state index contributed by atoms with van der Waals surface area (Å²) in [5.74, 6) is 0.523.